The van der Waals surface area contributed by atoms with E-state index in [-0.39, 0.29) is 11.3 Å². The summed E-state index contributed by atoms with van der Waals surface area (Å²) >= 11 is 0. The van der Waals surface area contributed by atoms with Crippen molar-refractivity contribution < 1.29 is 14.7 Å². The van der Waals surface area contributed by atoms with Gasteiger partial charge >= 0.3 is 0 Å². The SMILES string of the molecule is CC(C)(CN=Cc1c(O)ccc2ccccc12)[NH+]1CCOCC1. The number of ether oxygens (including phenoxy) is 1. The number of quaternary nitrogens is 1. The maximum Gasteiger partial charge on any atom is 0.124 e. The molecule has 1 fully saturated rings. The Kier molecular flexibility index (Phi) is 4.64. The largest absolute Gasteiger partial charge is 0.507 e. The van der Waals surface area contributed by atoms with Crippen LogP contribution in [0.1, 0.15) is 19.4 Å². The number of hydrogen-bond acceptors (Lipinski definition) is 3. The molecule has 0 amide bonds. The lowest BCUT2D eigenvalue weighted by Crippen LogP contribution is -3.21. The van der Waals surface area contributed by atoms with E-state index in [2.05, 4.69) is 18.8 Å². The number of fused-ring (bicyclic) bond motifs is 1. The smallest absolute Gasteiger partial charge is 0.124 e. The maximum absolute atomic E-state index is 10.2. The summed E-state index contributed by atoms with van der Waals surface area (Å²) in [6.07, 6.45) is 1.82. The molecule has 0 aliphatic carbocycles. The lowest BCUT2D eigenvalue weighted by atomic mass is 10.0. The molecule has 0 atom stereocenters. The van der Waals surface area contributed by atoms with Crippen LogP contribution in [0.25, 0.3) is 10.8 Å². The predicted octanol–water partition coefficient (Wildman–Crippen LogP) is 1.66. The van der Waals surface area contributed by atoms with Crippen molar-refractivity contribution in [3.63, 3.8) is 0 Å². The first-order valence-electron chi connectivity index (χ1n) is 8.21. The number of aliphatic imine (C=N–C) groups is 1. The Morgan fingerprint density at radius 1 is 1.17 bits per heavy atom. The molecular weight excluding hydrogens is 288 g/mol. The number of nitrogens with zero attached hydrogens (tertiary/aromatic N) is 1. The van der Waals surface area contributed by atoms with Crippen molar-refractivity contribution in [2.45, 2.75) is 19.4 Å². The Morgan fingerprint density at radius 3 is 2.70 bits per heavy atom. The minimum Gasteiger partial charge on any atom is -0.507 e. The van der Waals surface area contributed by atoms with Gasteiger partial charge in [0.15, 0.2) is 0 Å². The first-order chi connectivity index (χ1) is 11.1. The zero-order valence-corrected chi connectivity index (χ0v) is 13.9. The summed E-state index contributed by atoms with van der Waals surface area (Å²) in [7, 11) is 0. The van der Waals surface area contributed by atoms with Crippen LogP contribution in [0, 0.1) is 0 Å². The van der Waals surface area contributed by atoms with Gasteiger partial charge in [0.05, 0.1) is 19.8 Å². The molecule has 2 aromatic carbocycles. The number of morpholine rings is 1. The molecule has 1 saturated heterocycles. The third-order valence-corrected chi connectivity index (χ3v) is 4.71. The Hall–Kier alpha value is -1.91. The normalized spacial score (nSPS) is 17.1. The lowest BCUT2D eigenvalue weighted by molar-refractivity contribution is -0.953. The van der Waals surface area contributed by atoms with Gasteiger partial charge in [-0.3, -0.25) is 4.99 Å². The van der Waals surface area contributed by atoms with Crippen molar-refractivity contribution in [2.24, 2.45) is 4.99 Å². The van der Waals surface area contributed by atoms with E-state index in [9.17, 15) is 5.11 Å². The van der Waals surface area contributed by atoms with Gasteiger partial charge in [-0.1, -0.05) is 30.3 Å². The zero-order valence-electron chi connectivity index (χ0n) is 13.9. The van der Waals surface area contributed by atoms with Gasteiger partial charge in [-0.05, 0) is 30.7 Å². The molecule has 0 saturated carbocycles. The van der Waals surface area contributed by atoms with E-state index in [0.29, 0.717) is 0 Å². The van der Waals surface area contributed by atoms with E-state index < -0.39 is 0 Å². The van der Waals surface area contributed by atoms with E-state index in [4.69, 9.17) is 4.74 Å². The van der Waals surface area contributed by atoms with Crippen molar-refractivity contribution in [2.75, 3.05) is 32.8 Å². The fraction of sp³-hybridized carbons (Fsp3) is 0.421. The molecule has 0 unspecified atom stereocenters. The summed E-state index contributed by atoms with van der Waals surface area (Å²) in [4.78, 5) is 6.18. The van der Waals surface area contributed by atoms with Crippen LogP contribution in [0.15, 0.2) is 41.4 Å². The zero-order chi connectivity index (χ0) is 16.3. The van der Waals surface area contributed by atoms with Gasteiger partial charge in [-0.25, -0.2) is 0 Å². The van der Waals surface area contributed by atoms with Crippen LogP contribution < -0.4 is 4.90 Å². The van der Waals surface area contributed by atoms with Gasteiger partial charge < -0.3 is 14.7 Å². The van der Waals surface area contributed by atoms with E-state index in [0.717, 1.165) is 49.2 Å². The van der Waals surface area contributed by atoms with Gasteiger partial charge in [0, 0.05) is 11.8 Å². The fourth-order valence-corrected chi connectivity index (χ4v) is 3.19. The Labute approximate surface area is 137 Å². The fourth-order valence-electron chi connectivity index (χ4n) is 3.19. The van der Waals surface area contributed by atoms with Crippen molar-refractivity contribution >= 4 is 17.0 Å². The van der Waals surface area contributed by atoms with Crippen molar-refractivity contribution in [3.05, 3.63) is 42.0 Å². The van der Waals surface area contributed by atoms with Crippen LogP contribution in [0.5, 0.6) is 5.75 Å². The highest BCUT2D eigenvalue weighted by Crippen LogP contribution is 2.25. The quantitative estimate of drug-likeness (QED) is 0.843. The van der Waals surface area contributed by atoms with E-state index in [1.807, 2.05) is 36.5 Å². The van der Waals surface area contributed by atoms with Gasteiger partial charge in [0.1, 0.15) is 24.4 Å². The van der Waals surface area contributed by atoms with Crippen LogP contribution in [0.2, 0.25) is 0 Å². The van der Waals surface area contributed by atoms with Crippen LogP contribution >= 0.6 is 0 Å². The number of phenols is 1. The van der Waals surface area contributed by atoms with Gasteiger partial charge in [0.2, 0.25) is 0 Å². The highest BCUT2D eigenvalue weighted by Gasteiger charge is 2.31. The summed E-state index contributed by atoms with van der Waals surface area (Å²) < 4.78 is 5.44. The first kappa shape index (κ1) is 16.0. The summed E-state index contributed by atoms with van der Waals surface area (Å²) in [6.45, 7) is 8.93. The van der Waals surface area contributed by atoms with Crippen molar-refractivity contribution in [3.8, 4) is 5.75 Å². The average Bonchev–Trinajstić information content (AvgIpc) is 2.57. The van der Waals surface area contributed by atoms with E-state index >= 15 is 0 Å². The van der Waals surface area contributed by atoms with Gasteiger partial charge in [-0.15, -0.1) is 0 Å². The molecule has 4 heteroatoms. The molecular formula is C19H25N2O2+. The summed E-state index contributed by atoms with van der Waals surface area (Å²) in [5.41, 5.74) is 0.872. The van der Waals surface area contributed by atoms with Crippen LogP contribution in [0.3, 0.4) is 0 Å². The van der Waals surface area contributed by atoms with Crippen LogP contribution in [-0.2, 0) is 4.74 Å². The molecule has 0 radical (unpaired) electrons. The van der Waals surface area contributed by atoms with E-state index in [1.54, 1.807) is 6.07 Å². The molecule has 0 bridgehead atoms. The molecule has 23 heavy (non-hydrogen) atoms. The van der Waals surface area contributed by atoms with Gasteiger partial charge in [0.25, 0.3) is 0 Å². The molecule has 0 aromatic heterocycles. The number of nitrogens with one attached hydrogen (secondary N) is 1. The van der Waals surface area contributed by atoms with Crippen molar-refractivity contribution in [1.82, 2.24) is 0 Å². The lowest BCUT2D eigenvalue weighted by Gasteiger charge is -2.36. The molecule has 1 aliphatic rings. The number of hydrogen-bond donors (Lipinski definition) is 2. The molecule has 1 aliphatic heterocycles. The molecule has 2 aromatic rings. The number of phenolic OH excluding ortho intramolecular Hbond substituents is 1. The molecule has 3 rings (SSSR count). The summed E-state index contributed by atoms with van der Waals surface area (Å²) in [6, 6.07) is 11.7. The number of benzene rings is 2. The molecule has 1 heterocycles. The third-order valence-electron chi connectivity index (χ3n) is 4.71. The highest BCUT2D eigenvalue weighted by molar-refractivity contribution is 6.02. The summed E-state index contributed by atoms with van der Waals surface area (Å²) in [5.74, 6) is 0.281. The molecule has 2 N–H and O–H groups in total. The Morgan fingerprint density at radius 2 is 1.91 bits per heavy atom. The molecule has 0 spiro atoms. The average molecular weight is 313 g/mol. The minimum atomic E-state index is 0.0699. The first-order valence-corrected chi connectivity index (χ1v) is 8.21. The molecule has 4 nitrogen and oxygen atoms in total. The monoisotopic (exact) mass is 313 g/mol. The van der Waals surface area contributed by atoms with E-state index in [1.165, 1.54) is 4.90 Å². The third kappa shape index (κ3) is 3.54. The van der Waals surface area contributed by atoms with Crippen LogP contribution in [0.4, 0.5) is 0 Å². The van der Waals surface area contributed by atoms with Gasteiger partial charge in [-0.2, -0.15) is 0 Å². The predicted molar refractivity (Wildman–Crippen MR) is 93.7 cm³/mol. The maximum atomic E-state index is 10.2. The van der Waals surface area contributed by atoms with Crippen molar-refractivity contribution in [1.29, 1.82) is 0 Å². The Bertz CT molecular complexity index is 704. The number of aromatic hydroxyl groups is 1. The van der Waals surface area contributed by atoms with Crippen LogP contribution in [-0.4, -0.2) is 49.7 Å². The topological polar surface area (TPSA) is 46.3 Å². The second kappa shape index (κ2) is 6.69. The molecule has 122 valence electrons. The number of rotatable bonds is 4. The Balaban J connectivity index is 1.79. The standard InChI is InChI=1S/C19H24N2O2/c1-19(2,21-9-11-23-12-10-21)14-20-13-17-16-6-4-3-5-15(16)7-8-18(17)22/h3-8,13,22H,9-12,14H2,1-2H3/p+1. The minimum absolute atomic E-state index is 0.0699. The highest BCUT2D eigenvalue weighted by atomic mass is 16.5. The second-order valence-electron chi connectivity index (χ2n) is 6.79. The second-order valence-corrected chi connectivity index (χ2v) is 6.79. The summed E-state index contributed by atoms with van der Waals surface area (Å²) in [5, 5.41) is 12.3.